The molecule has 0 spiro atoms. The fourth-order valence-corrected chi connectivity index (χ4v) is 2.98. The molecule has 24 heavy (non-hydrogen) atoms. The zero-order chi connectivity index (χ0) is 17.3. The van der Waals surface area contributed by atoms with Crippen LogP contribution in [0.1, 0.15) is 40.9 Å². The summed E-state index contributed by atoms with van der Waals surface area (Å²) in [7, 11) is 0. The van der Waals surface area contributed by atoms with E-state index in [0.29, 0.717) is 28.5 Å². The average Bonchev–Trinajstić information content (AvgIpc) is 2.56. The highest BCUT2D eigenvalue weighted by Gasteiger charge is 2.18. The van der Waals surface area contributed by atoms with Gasteiger partial charge in [0.25, 0.3) is 5.91 Å². The maximum absolute atomic E-state index is 12.5. The van der Waals surface area contributed by atoms with Crippen molar-refractivity contribution >= 4 is 40.7 Å². The number of nitrogens with one attached hydrogen (secondary N) is 2. The second-order valence-electron chi connectivity index (χ2n) is 5.79. The number of carbonyl (C=O) groups excluding carboxylic acids is 2. The van der Waals surface area contributed by atoms with E-state index in [1.54, 1.807) is 24.3 Å². The van der Waals surface area contributed by atoms with Crippen molar-refractivity contribution in [3.05, 3.63) is 63.1 Å². The van der Waals surface area contributed by atoms with E-state index < -0.39 is 0 Å². The molecule has 0 aromatic heterocycles. The molecule has 0 saturated heterocycles. The van der Waals surface area contributed by atoms with Gasteiger partial charge in [0.1, 0.15) is 0 Å². The van der Waals surface area contributed by atoms with Crippen LogP contribution >= 0.6 is 23.2 Å². The molecule has 3 rings (SSSR count). The summed E-state index contributed by atoms with van der Waals surface area (Å²) in [6.45, 7) is 1.89. The Bertz CT molecular complexity index is 821. The van der Waals surface area contributed by atoms with E-state index in [0.717, 1.165) is 16.8 Å². The van der Waals surface area contributed by atoms with Crippen LogP contribution in [0.2, 0.25) is 10.0 Å². The van der Waals surface area contributed by atoms with Crippen LogP contribution in [-0.2, 0) is 11.2 Å². The Morgan fingerprint density at radius 2 is 1.92 bits per heavy atom. The van der Waals surface area contributed by atoms with Crippen LogP contribution in [0.4, 0.5) is 5.69 Å². The molecule has 0 radical (unpaired) electrons. The number of halogens is 2. The number of hydrogen-bond donors (Lipinski definition) is 2. The Hall–Kier alpha value is -2.04. The summed E-state index contributed by atoms with van der Waals surface area (Å²) in [6.07, 6.45) is 1.09. The quantitative estimate of drug-likeness (QED) is 0.851. The van der Waals surface area contributed by atoms with Gasteiger partial charge in [-0.15, -0.1) is 0 Å². The van der Waals surface area contributed by atoms with E-state index in [4.69, 9.17) is 23.2 Å². The number of hydrogen-bond acceptors (Lipinski definition) is 2. The first kappa shape index (κ1) is 16.8. The normalized spacial score (nSPS) is 14.5. The lowest BCUT2D eigenvalue weighted by molar-refractivity contribution is -0.116. The van der Waals surface area contributed by atoms with Crippen LogP contribution in [0.15, 0.2) is 36.4 Å². The van der Waals surface area contributed by atoms with Crippen molar-refractivity contribution in [2.24, 2.45) is 0 Å². The molecule has 2 N–H and O–H groups in total. The molecule has 1 aliphatic heterocycles. The number of rotatable bonds is 3. The third-order valence-electron chi connectivity index (χ3n) is 4.05. The van der Waals surface area contributed by atoms with Gasteiger partial charge < -0.3 is 10.6 Å². The number of amides is 2. The Kier molecular flexibility index (Phi) is 4.78. The molecule has 1 unspecified atom stereocenters. The Labute approximate surface area is 150 Å². The molecular formula is C18H16Cl2N2O2. The minimum absolute atomic E-state index is 0.00735. The fourth-order valence-electron chi connectivity index (χ4n) is 2.67. The number of fused-ring (bicyclic) bond motifs is 1. The summed E-state index contributed by atoms with van der Waals surface area (Å²) >= 11 is 11.9. The average molecular weight is 363 g/mol. The highest BCUT2D eigenvalue weighted by molar-refractivity contribution is 6.42. The summed E-state index contributed by atoms with van der Waals surface area (Å²) in [5.74, 6) is -0.166. The lowest BCUT2D eigenvalue weighted by Gasteiger charge is -2.19. The molecular weight excluding hydrogens is 347 g/mol. The van der Waals surface area contributed by atoms with Crippen LogP contribution in [0.3, 0.4) is 0 Å². The predicted octanol–water partition coefficient (Wildman–Crippen LogP) is 4.37. The molecule has 6 heteroatoms. The van der Waals surface area contributed by atoms with Crippen LogP contribution in [0, 0.1) is 0 Å². The SMILES string of the molecule is CC(NC(=O)c1ccc2c(c1)CCC(=O)N2)c1ccc(Cl)c(Cl)c1. The molecule has 0 bridgehead atoms. The first-order valence-electron chi connectivity index (χ1n) is 7.62. The molecule has 0 saturated carbocycles. The van der Waals surface area contributed by atoms with Gasteiger partial charge in [-0.05, 0) is 54.8 Å². The molecule has 1 atom stereocenters. The lowest BCUT2D eigenvalue weighted by atomic mass is 10.00. The van der Waals surface area contributed by atoms with E-state index >= 15 is 0 Å². The molecule has 124 valence electrons. The van der Waals surface area contributed by atoms with E-state index in [1.807, 2.05) is 19.1 Å². The van der Waals surface area contributed by atoms with Crippen molar-refractivity contribution in [1.29, 1.82) is 0 Å². The monoisotopic (exact) mass is 362 g/mol. The number of carbonyl (C=O) groups is 2. The maximum Gasteiger partial charge on any atom is 0.251 e. The Morgan fingerprint density at radius 3 is 2.67 bits per heavy atom. The zero-order valence-corrected chi connectivity index (χ0v) is 14.5. The largest absolute Gasteiger partial charge is 0.346 e. The van der Waals surface area contributed by atoms with Crippen LogP contribution < -0.4 is 10.6 Å². The van der Waals surface area contributed by atoms with Gasteiger partial charge in [0.15, 0.2) is 0 Å². The third kappa shape index (κ3) is 3.55. The standard InChI is InChI=1S/C18H16Cl2N2O2/c1-10(11-2-5-14(19)15(20)9-11)21-18(24)13-3-6-16-12(8-13)4-7-17(23)22-16/h2-3,5-6,8-10H,4,7H2,1H3,(H,21,24)(H,22,23). The Morgan fingerprint density at radius 1 is 1.12 bits per heavy atom. The van der Waals surface area contributed by atoms with Crippen molar-refractivity contribution in [1.82, 2.24) is 5.32 Å². The van der Waals surface area contributed by atoms with E-state index in [9.17, 15) is 9.59 Å². The van der Waals surface area contributed by atoms with Crippen molar-refractivity contribution < 1.29 is 9.59 Å². The van der Waals surface area contributed by atoms with E-state index in [-0.39, 0.29) is 17.9 Å². The summed E-state index contributed by atoms with van der Waals surface area (Å²) in [5.41, 5.74) is 3.20. The van der Waals surface area contributed by atoms with Crippen LogP contribution in [0.25, 0.3) is 0 Å². The van der Waals surface area contributed by atoms with Gasteiger partial charge in [0.05, 0.1) is 16.1 Å². The van der Waals surface area contributed by atoms with Crippen molar-refractivity contribution in [3.63, 3.8) is 0 Å². The first-order valence-corrected chi connectivity index (χ1v) is 8.38. The molecule has 4 nitrogen and oxygen atoms in total. The first-order chi connectivity index (χ1) is 11.4. The van der Waals surface area contributed by atoms with Gasteiger partial charge in [0.2, 0.25) is 5.91 Å². The van der Waals surface area contributed by atoms with Gasteiger partial charge in [-0.25, -0.2) is 0 Å². The van der Waals surface area contributed by atoms with Gasteiger partial charge in [-0.3, -0.25) is 9.59 Å². The molecule has 0 aliphatic carbocycles. The molecule has 2 amide bonds. The summed E-state index contributed by atoms with van der Waals surface area (Å²) in [6, 6.07) is 10.4. The number of anilines is 1. The maximum atomic E-state index is 12.5. The topological polar surface area (TPSA) is 58.2 Å². The smallest absolute Gasteiger partial charge is 0.251 e. The molecule has 2 aromatic carbocycles. The highest BCUT2D eigenvalue weighted by Crippen LogP contribution is 2.26. The zero-order valence-electron chi connectivity index (χ0n) is 13.0. The molecule has 1 aliphatic rings. The van der Waals surface area contributed by atoms with Crippen molar-refractivity contribution in [2.45, 2.75) is 25.8 Å². The third-order valence-corrected chi connectivity index (χ3v) is 4.79. The fraction of sp³-hybridized carbons (Fsp3) is 0.222. The van der Waals surface area contributed by atoms with Gasteiger partial charge in [-0.1, -0.05) is 29.3 Å². The number of benzene rings is 2. The van der Waals surface area contributed by atoms with E-state index in [1.165, 1.54) is 0 Å². The van der Waals surface area contributed by atoms with Crippen LogP contribution in [-0.4, -0.2) is 11.8 Å². The second-order valence-corrected chi connectivity index (χ2v) is 6.60. The Balaban J connectivity index is 1.74. The minimum atomic E-state index is -0.206. The number of aryl methyl sites for hydroxylation is 1. The second kappa shape index (κ2) is 6.83. The molecule has 1 heterocycles. The minimum Gasteiger partial charge on any atom is -0.346 e. The summed E-state index contributed by atoms with van der Waals surface area (Å²) in [4.78, 5) is 23.9. The summed E-state index contributed by atoms with van der Waals surface area (Å²) < 4.78 is 0. The van der Waals surface area contributed by atoms with Crippen molar-refractivity contribution in [2.75, 3.05) is 5.32 Å². The van der Waals surface area contributed by atoms with Gasteiger partial charge in [-0.2, -0.15) is 0 Å². The van der Waals surface area contributed by atoms with E-state index in [2.05, 4.69) is 10.6 Å². The highest BCUT2D eigenvalue weighted by atomic mass is 35.5. The molecule has 2 aromatic rings. The van der Waals surface area contributed by atoms with Crippen molar-refractivity contribution in [3.8, 4) is 0 Å². The summed E-state index contributed by atoms with van der Waals surface area (Å²) in [5, 5.41) is 6.69. The van der Waals surface area contributed by atoms with Gasteiger partial charge in [0, 0.05) is 17.7 Å². The van der Waals surface area contributed by atoms with Gasteiger partial charge >= 0.3 is 0 Å². The van der Waals surface area contributed by atoms with Crippen LogP contribution in [0.5, 0.6) is 0 Å². The molecule has 0 fully saturated rings. The lowest BCUT2D eigenvalue weighted by Crippen LogP contribution is -2.27. The predicted molar refractivity (Wildman–Crippen MR) is 95.7 cm³/mol.